The Bertz CT molecular complexity index is 958. The monoisotopic (exact) mass is 498 g/mol. The maximum atomic E-state index is 10.6. The molecule has 1 saturated heterocycles. The average molecular weight is 499 g/mol. The fourth-order valence-corrected chi connectivity index (χ4v) is 6.34. The highest BCUT2D eigenvalue weighted by atomic mass is 16.3. The summed E-state index contributed by atoms with van der Waals surface area (Å²) in [5, 5.41) is 16.5. The molecule has 0 spiro atoms. The van der Waals surface area contributed by atoms with Crippen molar-refractivity contribution in [2.24, 2.45) is 11.7 Å². The Morgan fingerprint density at radius 3 is 2.50 bits per heavy atom. The summed E-state index contributed by atoms with van der Waals surface area (Å²) in [7, 11) is 0. The number of nitrogens with zero attached hydrogens (tertiary/aromatic N) is 5. The average Bonchev–Trinajstić information content (AvgIpc) is 3.56. The van der Waals surface area contributed by atoms with Crippen LogP contribution < -0.4 is 16.5 Å². The van der Waals surface area contributed by atoms with Gasteiger partial charge >= 0.3 is 0 Å². The molecular formula is C27H46N8O. The molecule has 5 rings (SSSR count). The molecule has 2 saturated carbocycles. The van der Waals surface area contributed by atoms with Gasteiger partial charge in [0.15, 0.2) is 17.0 Å². The molecule has 5 N–H and O–H groups in total. The molecule has 1 unspecified atom stereocenters. The quantitative estimate of drug-likeness (QED) is 0.351. The van der Waals surface area contributed by atoms with Crippen molar-refractivity contribution in [3.63, 3.8) is 0 Å². The van der Waals surface area contributed by atoms with Crippen LogP contribution >= 0.6 is 0 Å². The number of aromatic nitrogens is 4. The standard InChI is InChI=1S/C27H46N8O/c1-2-3-4-9-23(36)19-14-16-34(17-15-19)33-25-24-26(35(18-29-24)22-7-5-6-8-22)32-27(31-25)30-21-12-10-20(28)11-13-21/h18-23,36H,2-17,28H2,1H3,(H2,30,31,32,33). The number of aliphatic hydroxyl groups is 1. The van der Waals surface area contributed by atoms with E-state index < -0.39 is 0 Å². The highest BCUT2D eigenvalue weighted by Gasteiger charge is 2.27. The van der Waals surface area contributed by atoms with E-state index in [0.717, 1.165) is 81.4 Å². The van der Waals surface area contributed by atoms with E-state index in [0.29, 0.717) is 30.0 Å². The van der Waals surface area contributed by atoms with Crippen molar-refractivity contribution in [2.75, 3.05) is 23.8 Å². The van der Waals surface area contributed by atoms with Gasteiger partial charge in [-0.15, -0.1) is 0 Å². The van der Waals surface area contributed by atoms with Gasteiger partial charge < -0.3 is 26.1 Å². The van der Waals surface area contributed by atoms with E-state index in [2.05, 4.69) is 27.2 Å². The SMILES string of the molecule is CCCCCC(O)C1CCN(Nc2nc(NC3CCC(N)CC3)nc3c2ncn3C2CCCC2)CC1. The number of hydrogen-bond donors (Lipinski definition) is 4. The van der Waals surface area contributed by atoms with Crippen molar-refractivity contribution in [1.29, 1.82) is 0 Å². The molecule has 2 aliphatic carbocycles. The van der Waals surface area contributed by atoms with Gasteiger partial charge in [-0.2, -0.15) is 9.97 Å². The Labute approximate surface area is 215 Å². The highest BCUT2D eigenvalue weighted by Crippen LogP contribution is 2.34. The maximum absolute atomic E-state index is 10.6. The largest absolute Gasteiger partial charge is 0.393 e. The molecule has 36 heavy (non-hydrogen) atoms. The third kappa shape index (κ3) is 6.11. The molecule has 0 aromatic carbocycles. The van der Waals surface area contributed by atoms with Crippen molar-refractivity contribution in [3.05, 3.63) is 6.33 Å². The molecule has 1 aliphatic heterocycles. The number of fused-ring (bicyclic) bond motifs is 1. The zero-order valence-electron chi connectivity index (χ0n) is 22.0. The van der Waals surface area contributed by atoms with Crippen LogP contribution in [0.2, 0.25) is 0 Å². The van der Waals surface area contributed by atoms with E-state index in [-0.39, 0.29) is 6.10 Å². The minimum Gasteiger partial charge on any atom is -0.393 e. The molecule has 3 heterocycles. The number of nitrogens with two attached hydrogens (primary N) is 1. The van der Waals surface area contributed by atoms with Crippen LogP contribution in [0.15, 0.2) is 6.33 Å². The Hall–Kier alpha value is -1.97. The van der Waals surface area contributed by atoms with Gasteiger partial charge in [0, 0.05) is 31.2 Å². The van der Waals surface area contributed by atoms with Crippen LogP contribution in [0, 0.1) is 5.92 Å². The van der Waals surface area contributed by atoms with E-state index in [4.69, 9.17) is 20.7 Å². The van der Waals surface area contributed by atoms with E-state index in [1.54, 1.807) is 0 Å². The predicted octanol–water partition coefficient (Wildman–Crippen LogP) is 4.60. The number of imidazole rings is 1. The van der Waals surface area contributed by atoms with Crippen LogP contribution in [0.3, 0.4) is 0 Å². The smallest absolute Gasteiger partial charge is 0.227 e. The summed E-state index contributed by atoms with van der Waals surface area (Å²) in [6.07, 6.45) is 17.4. The number of hydrogen-bond acceptors (Lipinski definition) is 8. The Morgan fingerprint density at radius 2 is 1.78 bits per heavy atom. The minimum atomic E-state index is -0.175. The third-order valence-corrected chi connectivity index (χ3v) is 8.70. The van der Waals surface area contributed by atoms with E-state index >= 15 is 0 Å². The summed E-state index contributed by atoms with van der Waals surface area (Å²) in [6.45, 7) is 4.00. The number of rotatable bonds is 10. The molecule has 2 aromatic rings. The maximum Gasteiger partial charge on any atom is 0.227 e. The first-order valence-electron chi connectivity index (χ1n) is 14.6. The Kier molecular flexibility index (Phi) is 8.59. The van der Waals surface area contributed by atoms with Gasteiger partial charge in [0.2, 0.25) is 5.95 Å². The highest BCUT2D eigenvalue weighted by molar-refractivity contribution is 5.84. The van der Waals surface area contributed by atoms with Crippen LogP contribution in [0.1, 0.15) is 103 Å². The van der Waals surface area contributed by atoms with Gasteiger partial charge in [0.1, 0.15) is 0 Å². The number of unbranched alkanes of at least 4 members (excludes halogenated alkanes) is 2. The van der Waals surface area contributed by atoms with Crippen LogP contribution in [-0.4, -0.2) is 60.9 Å². The molecule has 3 fully saturated rings. The molecule has 2 aromatic heterocycles. The molecule has 1 atom stereocenters. The van der Waals surface area contributed by atoms with Crippen molar-refractivity contribution < 1.29 is 5.11 Å². The van der Waals surface area contributed by atoms with Gasteiger partial charge in [0.05, 0.1) is 12.4 Å². The van der Waals surface area contributed by atoms with Crippen LogP contribution in [-0.2, 0) is 0 Å². The normalized spacial score (nSPS) is 25.4. The lowest BCUT2D eigenvalue weighted by atomic mass is 9.89. The first-order valence-corrected chi connectivity index (χ1v) is 14.6. The lowest BCUT2D eigenvalue weighted by Gasteiger charge is -2.34. The second-order valence-electron chi connectivity index (χ2n) is 11.4. The molecule has 0 radical (unpaired) electrons. The van der Waals surface area contributed by atoms with Gasteiger partial charge in [0.25, 0.3) is 0 Å². The second-order valence-corrected chi connectivity index (χ2v) is 11.4. The second kappa shape index (κ2) is 12.0. The van der Waals surface area contributed by atoms with Gasteiger partial charge in [-0.3, -0.25) is 0 Å². The lowest BCUT2D eigenvalue weighted by Crippen LogP contribution is -2.41. The van der Waals surface area contributed by atoms with Crippen molar-refractivity contribution in [2.45, 2.75) is 121 Å². The number of aliphatic hydroxyl groups excluding tert-OH is 1. The summed E-state index contributed by atoms with van der Waals surface area (Å²) in [5.74, 6) is 1.86. The molecule has 9 nitrogen and oxygen atoms in total. The predicted molar refractivity (Wildman–Crippen MR) is 145 cm³/mol. The van der Waals surface area contributed by atoms with Crippen molar-refractivity contribution in [1.82, 2.24) is 24.5 Å². The first-order chi connectivity index (χ1) is 17.6. The van der Waals surface area contributed by atoms with Gasteiger partial charge in [-0.05, 0) is 63.7 Å². The van der Waals surface area contributed by atoms with Crippen LogP contribution in [0.4, 0.5) is 11.8 Å². The summed E-state index contributed by atoms with van der Waals surface area (Å²) in [4.78, 5) is 14.7. The summed E-state index contributed by atoms with van der Waals surface area (Å²) in [5.41, 5.74) is 11.5. The molecule has 0 bridgehead atoms. The lowest BCUT2D eigenvalue weighted by molar-refractivity contribution is 0.0576. The van der Waals surface area contributed by atoms with E-state index in [1.165, 1.54) is 38.5 Å². The summed E-state index contributed by atoms with van der Waals surface area (Å²) >= 11 is 0. The topological polar surface area (TPSA) is 117 Å². The number of nitrogens with one attached hydrogen (secondary N) is 2. The fourth-order valence-electron chi connectivity index (χ4n) is 6.34. The first kappa shape index (κ1) is 25.7. The van der Waals surface area contributed by atoms with Crippen molar-refractivity contribution in [3.8, 4) is 0 Å². The summed E-state index contributed by atoms with van der Waals surface area (Å²) in [6, 6.07) is 1.16. The van der Waals surface area contributed by atoms with E-state index in [9.17, 15) is 5.11 Å². The number of piperidine rings is 1. The number of anilines is 2. The van der Waals surface area contributed by atoms with E-state index in [1.807, 2.05) is 6.33 Å². The van der Waals surface area contributed by atoms with Crippen molar-refractivity contribution >= 4 is 22.9 Å². The fraction of sp³-hybridized carbons (Fsp3) is 0.815. The molecular weight excluding hydrogens is 452 g/mol. The van der Waals surface area contributed by atoms with Gasteiger partial charge in [-0.25, -0.2) is 9.99 Å². The number of hydrazine groups is 1. The zero-order valence-corrected chi connectivity index (χ0v) is 22.0. The third-order valence-electron chi connectivity index (χ3n) is 8.70. The minimum absolute atomic E-state index is 0.175. The molecule has 200 valence electrons. The molecule has 0 amide bonds. The van der Waals surface area contributed by atoms with Crippen LogP contribution in [0.25, 0.3) is 11.2 Å². The molecule has 3 aliphatic rings. The van der Waals surface area contributed by atoms with Crippen LogP contribution in [0.5, 0.6) is 0 Å². The van der Waals surface area contributed by atoms with Gasteiger partial charge in [-0.1, -0.05) is 39.0 Å². The Balaban J connectivity index is 1.30. The Morgan fingerprint density at radius 1 is 1.03 bits per heavy atom. The summed E-state index contributed by atoms with van der Waals surface area (Å²) < 4.78 is 2.27. The molecule has 9 heteroatoms. The zero-order chi connectivity index (χ0) is 24.9.